The van der Waals surface area contributed by atoms with Crippen LogP contribution in [0, 0.1) is 11.3 Å². The summed E-state index contributed by atoms with van der Waals surface area (Å²) in [5, 5.41) is 15.6. The minimum atomic E-state index is -0.528. The quantitative estimate of drug-likeness (QED) is 0.588. The number of carbonyl (C=O) groups is 2. The van der Waals surface area contributed by atoms with E-state index >= 15 is 0 Å². The number of nitrogens with zero attached hydrogens (tertiary/aromatic N) is 3. The molecule has 0 bridgehead atoms. The maximum Gasteiger partial charge on any atom is 0.344 e. The Morgan fingerprint density at radius 1 is 1.35 bits per heavy atom. The summed E-state index contributed by atoms with van der Waals surface area (Å²) in [6.45, 7) is -0.0639. The number of hydrazone groups is 1. The van der Waals surface area contributed by atoms with Crippen molar-refractivity contribution in [3.05, 3.63) is 35.4 Å². The van der Waals surface area contributed by atoms with Crippen LogP contribution in [0.3, 0.4) is 0 Å². The highest BCUT2D eigenvalue weighted by atomic mass is 16.2. The summed E-state index contributed by atoms with van der Waals surface area (Å²) >= 11 is 0. The summed E-state index contributed by atoms with van der Waals surface area (Å²) in [5.41, 5.74) is 1.30. The summed E-state index contributed by atoms with van der Waals surface area (Å²) in [4.78, 5) is 22.0. The monoisotopic (exact) mass is 228 g/mol. The van der Waals surface area contributed by atoms with Gasteiger partial charge in [-0.1, -0.05) is 12.1 Å². The van der Waals surface area contributed by atoms with E-state index in [0.29, 0.717) is 5.56 Å². The van der Waals surface area contributed by atoms with Gasteiger partial charge in [-0.25, -0.2) is 9.80 Å². The first-order valence-corrected chi connectivity index (χ1v) is 4.84. The second-order valence-electron chi connectivity index (χ2n) is 3.39. The van der Waals surface area contributed by atoms with Crippen molar-refractivity contribution in [2.24, 2.45) is 5.10 Å². The number of nitrogens with one attached hydrogen (secondary N) is 1. The molecule has 1 saturated heterocycles. The average molecular weight is 228 g/mol. The van der Waals surface area contributed by atoms with Crippen LogP contribution in [0.25, 0.3) is 0 Å². The lowest BCUT2D eigenvalue weighted by Crippen LogP contribution is -2.24. The molecule has 1 aliphatic heterocycles. The number of benzene rings is 1. The van der Waals surface area contributed by atoms with E-state index in [-0.39, 0.29) is 12.5 Å². The maximum atomic E-state index is 11.1. The lowest BCUT2D eigenvalue weighted by Gasteiger charge is -2.03. The van der Waals surface area contributed by atoms with E-state index < -0.39 is 6.03 Å². The van der Waals surface area contributed by atoms with Gasteiger partial charge in [0, 0.05) is 0 Å². The molecule has 17 heavy (non-hydrogen) atoms. The first-order valence-electron chi connectivity index (χ1n) is 4.84. The molecule has 1 aliphatic rings. The van der Waals surface area contributed by atoms with Gasteiger partial charge in [0.2, 0.25) is 5.91 Å². The van der Waals surface area contributed by atoms with E-state index in [1.807, 2.05) is 6.07 Å². The lowest BCUT2D eigenvalue weighted by molar-refractivity contribution is -0.118. The van der Waals surface area contributed by atoms with Crippen molar-refractivity contribution in [2.45, 2.75) is 0 Å². The summed E-state index contributed by atoms with van der Waals surface area (Å²) in [6, 6.07) is 8.18. The third kappa shape index (κ3) is 2.46. The molecule has 0 unspecified atom stereocenters. The second kappa shape index (κ2) is 4.45. The number of carbonyl (C=O) groups excluding carboxylic acids is 2. The van der Waals surface area contributed by atoms with Crippen molar-refractivity contribution in [3.63, 3.8) is 0 Å². The van der Waals surface area contributed by atoms with Crippen LogP contribution >= 0.6 is 0 Å². The van der Waals surface area contributed by atoms with Gasteiger partial charge in [-0.15, -0.1) is 0 Å². The zero-order chi connectivity index (χ0) is 12.3. The number of hydrogen-bond acceptors (Lipinski definition) is 4. The Kier molecular flexibility index (Phi) is 2.83. The molecule has 1 aromatic rings. The summed E-state index contributed by atoms with van der Waals surface area (Å²) < 4.78 is 0. The molecule has 1 heterocycles. The molecule has 1 N–H and O–H groups in total. The Hall–Kier alpha value is -2.68. The molecule has 2 rings (SSSR count). The fraction of sp³-hybridized carbons (Fsp3) is 0.0909. The molecule has 0 aliphatic carbocycles. The zero-order valence-electron chi connectivity index (χ0n) is 8.75. The number of nitriles is 1. The highest BCUT2D eigenvalue weighted by Crippen LogP contribution is 2.03. The topological polar surface area (TPSA) is 85.6 Å². The summed E-state index contributed by atoms with van der Waals surface area (Å²) in [6.07, 6.45) is 1.46. The Labute approximate surface area is 97.1 Å². The molecule has 1 fully saturated rings. The van der Waals surface area contributed by atoms with Crippen molar-refractivity contribution in [3.8, 4) is 6.07 Å². The number of urea groups is 1. The summed E-state index contributed by atoms with van der Waals surface area (Å²) in [7, 11) is 0. The highest BCUT2D eigenvalue weighted by Gasteiger charge is 2.25. The number of amides is 3. The van der Waals surface area contributed by atoms with Gasteiger partial charge in [0.15, 0.2) is 0 Å². The van der Waals surface area contributed by atoms with Gasteiger partial charge in [0.05, 0.1) is 17.8 Å². The molecular weight excluding hydrogens is 220 g/mol. The molecule has 0 radical (unpaired) electrons. The van der Waals surface area contributed by atoms with Crippen molar-refractivity contribution in [1.29, 1.82) is 5.26 Å². The van der Waals surface area contributed by atoms with E-state index in [0.717, 1.165) is 10.6 Å². The van der Waals surface area contributed by atoms with E-state index in [9.17, 15) is 9.59 Å². The van der Waals surface area contributed by atoms with Crippen molar-refractivity contribution >= 4 is 18.2 Å². The molecule has 3 amide bonds. The van der Waals surface area contributed by atoms with Gasteiger partial charge in [-0.3, -0.25) is 10.1 Å². The Morgan fingerprint density at radius 2 is 2.06 bits per heavy atom. The first-order chi connectivity index (χ1) is 8.19. The van der Waals surface area contributed by atoms with Gasteiger partial charge >= 0.3 is 6.03 Å². The molecule has 84 valence electrons. The molecule has 6 heteroatoms. The van der Waals surface area contributed by atoms with Crippen LogP contribution in [0.1, 0.15) is 11.1 Å². The van der Waals surface area contributed by atoms with E-state index in [4.69, 9.17) is 5.26 Å². The summed E-state index contributed by atoms with van der Waals surface area (Å²) in [5.74, 6) is -0.369. The van der Waals surface area contributed by atoms with E-state index in [1.54, 1.807) is 24.3 Å². The van der Waals surface area contributed by atoms with E-state index in [2.05, 4.69) is 10.4 Å². The fourth-order valence-electron chi connectivity index (χ4n) is 1.30. The van der Waals surface area contributed by atoms with Crippen LogP contribution in [-0.4, -0.2) is 29.7 Å². The first kappa shape index (κ1) is 10.8. The van der Waals surface area contributed by atoms with E-state index in [1.165, 1.54) is 6.21 Å². The van der Waals surface area contributed by atoms with Crippen molar-refractivity contribution < 1.29 is 9.59 Å². The molecular formula is C11H8N4O2. The SMILES string of the molecule is N#Cc1ccc(/C=N/N2CC(=O)NC2=O)cc1. The largest absolute Gasteiger partial charge is 0.344 e. The fourth-order valence-corrected chi connectivity index (χ4v) is 1.30. The third-order valence-electron chi connectivity index (χ3n) is 2.16. The predicted octanol–water partition coefficient (Wildman–Crippen LogP) is 0.444. The highest BCUT2D eigenvalue weighted by molar-refractivity contribution is 6.02. The molecule has 6 nitrogen and oxygen atoms in total. The second-order valence-corrected chi connectivity index (χ2v) is 3.39. The van der Waals surface area contributed by atoms with Crippen molar-refractivity contribution in [2.75, 3.05) is 6.54 Å². The van der Waals surface area contributed by atoms with Crippen LogP contribution < -0.4 is 5.32 Å². The zero-order valence-corrected chi connectivity index (χ0v) is 8.75. The third-order valence-corrected chi connectivity index (χ3v) is 2.16. The number of imide groups is 1. The molecule has 0 spiro atoms. The van der Waals surface area contributed by atoms with Gasteiger partial charge in [0.1, 0.15) is 6.54 Å². The molecule has 1 aromatic carbocycles. The van der Waals surface area contributed by atoms with Crippen LogP contribution in [0.4, 0.5) is 4.79 Å². The number of hydrogen-bond donors (Lipinski definition) is 1. The maximum absolute atomic E-state index is 11.1. The van der Waals surface area contributed by atoms with Gasteiger partial charge in [-0.05, 0) is 17.7 Å². The molecule has 0 saturated carbocycles. The smallest absolute Gasteiger partial charge is 0.275 e. The van der Waals surface area contributed by atoms with Crippen LogP contribution in [-0.2, 0) is 4.79 Å². The lowest BCUT2D eigenvalue weighted by atomic mass is 10.2. The van der Waals surface area contributed by atoms with Crippen LogP contribution in [0.15, 0.2) is 29.4 Å². The number of rotatable bonds is 2. The van der Waals surface area contributed by atoms with Gasteiger partial charge in [0.25, 0.3) is 0 Å². The van der Waals surface area contributed by atoms with Crippen molar-refractivity contribution in [1.82, 2.24) is 10.3 Å². The van der Waals surface area contributed by atoms with Gasteiger partial charge < -0.3 is 0 Å². The minimum absolute atomic E-state index is 0.0639. The Bertz CT molecular complexity index is 527. The Balaban J connectivity index is 2.08. The standard InChI is InChI=1S/C11H8N4O2/c12-5-8-1-3-9(4-2-8)6-13-15-7-10(16)14-11(15)17/h1-4,6H,7H2,(H,14,16,17)/b13-6+. The predicted molar refractivity (Wildman–Crippen MR) is 59.0 cm³/mol. The van der Waals surface area contributed by atoms with Gasteiger partial charge in [-0.2, -0.15) is 10.4 Å². The normalized spacial score (nSPS) is 15.1. The molecule has 0 atom stereocenters. The minimum Gasteiger partial charge on any atom is -0.275 e. The van der Waals surface area contributed by atoms with Crippen LogP contribution in [0.2, 0.25) is 0 Å². The average Bonchev–Trinajstić information content (AvgIpc) is 2.66. The Morgan fingerprint density at radius 3 is 2.59 bits per heavy atom. The molecule has 0 aromatic heterocycles. The van der Waals surface area contributed by atoms with Crippen LogP contribution in [0.5, 0.6) is 0 Å².